The Labute approximate surface area is 111 Å². The zero-order chi connectivity index (χ0) is 13.8. The smallest absolute Gasteiger partial charge is 0.407 e. The van der Waals surface area contributed by atoms with Crippen LogP contribution in [-0.4, -0.2) is 35.1 Å². The number of anilines is 1. The molecule has 0 unspecified atom stereocenters. The van der Waals surface area contributed by atoms with Crippen LogP contribution in [0.2, 0.25) is 0 Å². The number of nitrogens with one attached hydrogen (secondary N) is 1. The van der Waals surface area contributed by atoms with Crippen LogP contribution in [0.3, 0.4) is 0 Å². The molecule has 0 saturated carbocycles. The van der Waals surface area contributed by atoms with Gasteiger partial charge in [0, 0.05) is 25.7 Å². The Morgan fingerprint density at radius 2 is 1.95 bits per heavy atom. The molecule has 1 aliphatic heterocycles. The summed E-state index contributed by atoms with van der Waals surface area (Å²) < 4.78 is 0. The van der Waals surface area contributed by atoms with Gasteiger partial charge in [0.15, 0.2) is 0 Å². The highest BCUT2D eigenvalue weighted by molar-refractivity contribution is 5.88. The summed E-state index contributed by atoms with van der Waals surface area (Å²) in [6, 6.07) is 7.57. The van der Waals surface area contributed by atoms with Gasteiger partial charge in [0.2, 0.25) is 5.91 Å². The maximum absolute atomic E-state index is 10.9. The highest BCUT2D eigenvalue weighted by Gasteiger charge is 2.16. The Bertz CT molecular complexity index is 520. The SMILES string of the molecule is CC(=O)Nc1ccc(C2=CCN(C(=O)O)CC2)cc1. The quantitative estimate of drug-likeness (QED) is 0.858. The maximum atomic E-state index is 10.9. The first-order valence-electron chi connectivity index (χ1n) is 6.11. The summed E-state index contributed by atoms with van der Waals surface area (Å²) in [4.78, 5) is 23.1. The van der Waals surface area contributed by atoms with Crippen LogP contribution in [0.1, 0.15) is 18.9 Å². The lowest BCUT2D eigenvalue weighted by molar-refractivity contribution is -0.114. The number of carbonyl (C=O) groups excluding carboxylic acids is 1. The molecular formula is C14H16N2O3. The molecule has 0 aliphatic carbocycles. The van der Waals surface area contributed by atoms with E-state index >= 15 is 0 Å². The van der Waals surface area contributed by atoms with Crippen molar-refractivity contribution in [2.75, 3.05) is 18.4 Å². The van der Waals surface area contributed by atoms with E-state index in [2.05, 4.69) is 5.32 Å². The van der Waals surface area contributed by atoms with E-state index in [1.165, 1.54) is 11.8 Å². The summed E-state index contributed by atoms with van der Waals surface area (Å²) in [5.41, 5.74) is 2.98. The van der Waals surface area contributed by atoms with Gasteiger partial charge in [-0.15, -0.1) is 0 Å². The van der Waals surface area contributed by atoms with Gasteiger partial charge in [0.25, 0.3) is 0 Å². The Hall–Kier alpha value is -2.30. The zero-order valence-electron chi connectivity index (χ0n) is 10.7. The minimum atomic E-state index is -0.878. The Kier molecular flexibility index (Phi) is 3.85. The van der Waals surface area contributed by atoms with Crippen molar-refractivity contribution >= 4 is 23.3 Å². The Morgan fingerprint density at radius 3 is 2.42 bits per heavy atom. The highest BCUT2D eigenvalue weighted by atomic mass is 16.4. The van der Waals surface area contributed by atoms with Crippen molar-refractivity contribution in [1.82, 2.24) is 4.90 Å². The van der Waals surface area contributed by atoms with E-state index in [1.807, 2.05) is 30.3 Å². The predicted molar refractivity (Wildman–Crippen MR) is 72.9 cm³/mol. The summed E-state index contributed by atoms with van der Waals surface area (Å²) in [6.07, 6.45) is 1.77. The van der Waals surface area contributed by atoms with Crippen molar-refractivity contribution < 1.29 is 14.7 Å². The molecule has 19 heavy (non-hydrogen) atoms. The summed E-state index contributed by atoms with van der Waals surface area (Å²) >= 11 is 0. The molecule has 100 valence electrons. The number of nitrogens with zero attached hydrogens (tertiary/aromatic N) is 1. The first-order valence-corrected chi connectivity index (χ1v) is 6.11. The van der Waals surface area contributed by atoms with Crippen LogP contribution < -0.4 is 5.32 Å². The van der Waals surface area contributed by atoms with E-state index in [0.29, 0.717) is 19.5 Å². The summed E-state index contributed by atoms with van der Waals surface area (Å²) in [7, 11) is 0. The first kappa shape index (κ1) is 13.1. The molecule has 0 spiro atoms. The number of carbonyl (C=O) groups is 2. The molecule has 0 atom stereocenters. The molecule has 0 fully saturated rings. The maximum Gasteiger partial charge on any atom is 0.407 e. The fraction of sp³-hybridized carbons (Fsp3) is 0.286. The van der Waals surface area contributed by atoms with Crippen molar-refractivity contribution in [2.24, 2.45) is 0 Å². The van der Waals surface area contributed by atoms with Gasteiger partial charge in [0.1, 0.15) is 0 Å². The molecule has 5 nitrogen and oxygen atoms in total. The Balaban J connectivity index is 2.07. The van der Waals surface area contributed by atoms with Crippen LogP contribution >= 0.6 is 0 Å². The second-order valence-electron chi connectivity index (χ2n) is 4.47. The Morgan fingerprint density at radius 1 is 1.26 bits per heavy atom. The van der Waals surface area contributed by atoms with Crippen molar-refractivity contribution in [3.05, 3.63) is 35.9 Å². The van der Waals surface area contributed by atoms with Crippen LogP contribution in [0.4, 0.5) is 10.5 Å². The third-order valence-corrected chi connectivity index (χ3v) is 3.06. The standard InChI is InChI=1S/C14H16N2O3/c1-10(17)15-13-4-2-11(3-5-13)12-6-8-16(9-7-12)14(18)19/h2-6H,7-9H2,1H3,(H,15,17)(H,18,19). The lowest BCUT2D eigenvalue weighted by Gasteiger charge is -2.23. The highest BCUT2D eigenvalue weighted by Crippen LogP contribution is 2.23. The number of amides is 2. The largest absolute Gasteiger partial charge is 0.465 e. The summed E-state index contributed by atoms with van der Waals surface area (Å²) in [5, 5.41) is 11.6. The zero-order valence-corrected chi connectivity index (χ0v) is 10.7. The molecule has 1 aromatic carbocycles. The van der Waals surface area contributed by atoms with E-state index in [9.17, 15) is 9.59 Å². The minimum absolute atomic E-state index is 0.0956. The van der Waals surface area contributed by atoms with E-state index in [4.69, 9.17) is 5.11 Å². The lowest BCUT2D eigenvalue weighted by Crippen LogP contribution is -2.33. The van der Waals surface area contributed by atoms with E-state index < -0.39 is 6.09 Å². The molecule has 2 amide bonds. The van der Waals surface area contributed by atoms with Crippen LogP contribution in [0.5, 0.6) is 0 Å². The molecule has 0 radical (unpaired) electrons. The number of benzene rings is 1. The average Bonchev–Trinajstić information content (AvgIpc) is 2.39. The topological polar surface area (TPSA) is 69.6 Å². The molecular weight excluding hydrogens is 244 g/mol. The molecule has 0 aromatic heterocycles. The number of hydrogen-bond donors (Lipinski definition) is 2. The third-order valence-electron chi connectivity index (χ3n) is 3.06. The molecule has 2 rings (SSSR count). The molecule has 5 heteroatoms. The second kappa shape index (κ2) is 5.56. The van der Waals surface area contributed by atoms with Gasteiger partial charge in [-0.2, -0.15) is 0 Å². The fourth-order valence-electron chi connectivity index (χ4n) is 2.08. The molecule has 2 N–H and O–H groups in total. The van der Waals surface area contributed by atoms with Crippen molar-refractivity contribution in [3.63, 3.8) is 0 Å². The number of hydrogen-bond acceptors (Lipinski definition) is 2. The van der Waals surface area contributed by atoms with Crippen molar-refractivity contribution in [1.29, 1.82) is 0 Å². The van der Waals surface area contributed by atoms with Gasteiger partial charge in [-0.1, -0.05) is 18.2 Å². The number of rotatable bonds is 2. The van der Waals surface area contributed by atoms with E-state index in [1.54, 1.807) is 0 Å². The van der Waals surface area contributed by atoms with Gasteiger partial charge in [-0.3, -0.25) is 4.79 Å². The third kappa shape index (κ3) is 3.34. The molecule has 1 aromatic rings. The molecule has 0 saturated heterocycles. The van der Waals surface area contributed by atoms with Gasteiger partial charge in [0.05, 0.1) is 0 Å². The lowest BCUT2D eigenvalue weighted by atomic mass is 9.99. The minimum Gasteiger partial charge on any atom is -0.465 e. The number of carboxylic acid groups (broad SMARTS) is 1. The van der Waals surface area contributed by atoms with Crippen LogP contribution in [0, 0.1) is 0 Å². The van der Waals surface area contributed by atoms with Crippen LogP contribution in [0.15, 0.2) is 30.3 Å². The summed E-state index contributed by atoms with van der Waals surface area (Å²) in [6.45, 7) is 2.42. The van der Waals surface area contributed by atoms with Gasteiger partial charge < -0.3 is 15.3 Å². The van der Waals surface area contributed by atoms with Crippen molar-refractivity contribution in [2.45, 2.75) is 13.3 Å². The molecule has 1 aliphatic rings. The molecule has 1 heterocycles. The predicted octanol–water partition coefficient (Wildman–Crippen LogP) is 2.41. The monoisotopic (exact) mass is 260 g/mol. The van der Waals surface area contributed by atoms with Crippen LogP contribution in [-0.2, 0) is 4.79 Å². The van der Waals surface area contributed by atoms with E-state index in [0.717, 1.165) is 16.8 Å². The first-order chi connectivity index (χ1) is 9.06. The van der Waals surface area contributed by atoms with E-state index in [-0.39, 0.29) is 5.91 Å². The van der Waals surface area contributed by atoms with Gasteiger partial charge in [-0.25, -0.2) is 4.79 Å². The molecule has 0 bridgehead atoms. The van der Waals surface area contributed by atoms with Crippen LogP contribution in [0.25, 0.3) is 5.57 Å². The van der Waals surface area contributed by atoms with Gasteiger partial charge in [-0.05, 0) is 29.7 Å². The van der Waals surface area contributed by atoms with Crippen molar-refractivity contribution in [3.8, 4) is 0 Å². The normalized spacial score (nSPS) is 14.8. The van der Waals surface area contributed by atoms with Gasteiger partial charge >= 0.3 is 6.09 Å². The average molecular weight is 260 g/mol. The second-order valence-corrected chi connectivity index (χ2v) is 4.47. The fourth-order valence-corrected chi connectivity index (χ4v) is 2.08. The summed E-state index contributed by atoms with van der Waals surface area (Å²) in [5.74, 6) is -0.0956.